The number of hydrogen-bond donors (Lipinski definition) is 1. The molecule has 0 bridgehead atoms. The van der Waals surface area contributed by atoms with Crippen LogP contribution in [0.15, 0.2) is 0 Å². The van der Waals surface area contributed by atoms with Crippen LogP contribution >= 0.6 is 0 Å². The summed E-state index contributed by atoms with van der Waals surface area (Å²) in [4.78, 5) is 26.1. The summed E-state index contributed by atoms with van der Waals surface area (Å²) in [6.07, 6.45) is 0. The second kappa shape index (κ2) is 4.78. The van der Waals surface area contributed by atoms with Crippen LogP contribution in [-0.4, -0.2) is 46.5 Å². The Hall–Kier alpha value is -1.10. The summed E-state index contributed by atoms with van der Waals surface area (Å²) in [5.41, 5.74) is -1.94. The second-order valence-corrected chi connectivity index (χ2v) is 7.06. The molecule has 0 unspecified atom stereocenters. The van der Waals surface area contributed by atoms with E-state index in [4.69, 9.17) is 4.74 Å². The summed E-state index contributed by atoms with van der Waals surface area (Å²) in [5, 5.41) is 2.76. The van der Waals surface area contributed by atoms with Crippen LogP contribution in [0.1, 0.15) is 48.5 Å². The van der Waals surface area contributed by atoms with Gasteiger partial charge in [-0.25, -0.2) is 0 Å². The van der Waals surface area contributed by atoms with Crippen LogP contribution in [0.25, 0.3) is 0 Å². The zero-order chi connectivity index (χ0) is 15.1. The van der Waals surface area contributed by atoms with Gasteiger partial charge in [-0.15, -0.1) is 0 Å². The molecule has 0 aromatic rings. The Morgan fingerprint density at radius 2 is 1.68 bits per heavy atom. The van der Waals surface area contributed by atoms with Crippen molar-refractivity contribution in [2.75, 3.05) is 13.2 Å². The number of amides is 2. The molecule has 1 N–H and O–H groups in total. The van der Waals surface area contributed by atoms with Gasteiger partial charge in [-0.3, -0.25) is 9.59 Å². The lowest BCUT2D eigenvalue weighted by Crippen LogP contribution is -2.72. The molecule has 0 saturated carbocycles. The molecule has 19 heavy (non-hydrogen) atoms. The molecule has 1 aliphatic heterocycles. The number of rotatable bonds is 3. The average Bonchev–Trinajstić information content (AvgIpc) is 2.19. The number of nitrogens with zero attached hydrogens (tertiary/aromatic N) is 1. The van der Waals surface area contributed by atoms with Gasteiger partial charge in [0.1, 0.15) is 11.1 Å². The van der Waals surface area contributed by atoms with E-state index in [2.05, 4.69) is 5.32 Å². The van der Waals surface area contributed by atoms with Crippen LogP contribution in [0.2, 0.25) is 0 Å². The standard InChI is InChI=1S/C14H26N2O3/c1-12(2,3)19-9-8-16-11(18)13(4,5)15-10(17)14(16,6)7/h8-9H2,1-7H3,(H,15,17). The van der Waals surface area contributed by atoms with E-state index in [0.29, 0.717) is 13.2 Å². The van der Waals surface area contributed by atoms with Gasteiger partial charge in [-0.2, -0.15) is 0 Å². The van der Waals surface area contributed by atoms with E-state index in [1.165, 1.54) is 0 Å². The molecular weight excluding hydrogens is 244 g/mol. The first-order chi connectivity index (χ1) is 8.38. The number of hydrogen-bond acceptors (Lipinski definition) is 3. The van der Waals surface area contributed by atoms with Crippen molar-refractivity contribution in [2.45, 2.75) is 65.1 Å². The molecule has 0 atom stereocenters. The highest BCUT2D eigenvalue weighted by Crippen LogP contribution is 2.25. The zero-order valence-electron chi connectivity index (χ0n) is 13.1. The van der Waals surface area contributed by atoms with E-state index in [9.17, 15) is 9.59 Å². The van der Waals surface area contributed by atoms with E-state index in [-0.39, 0.29) is 17.4 Å². The van der Waals surface area contributed by atoms with E-state index in [1.54, 1.807) is 32.6 Å². The summed E-state index contributed by atoms with van der Waals surface area (Å²) in [5.74, 6) is -0.206. The molecule has 1 saturated heterocycles. The third-order valence-electron chi connectivity index (χ3n) is 3.29. The van der Waals surface area contributed by atoms with Gasteiger partial charge in [0.2, 0.25) is 11.8 Å². The Morgan fingerprint density at radius 1 is 1.16 bits per heavy atom. The van der Waals surface area contributed by atoms with Crippen molar-refractivity contribution < 1.29 is 14.3 Å². The highest BCUT2D eigenvalue weighted by Gasteiger charge is 2.49. The van der Waals surface area contributed by atoms with Crippen molar-refractivity contribution in [3.8, 4) is 0 Å². The Kier molecular flexibility index (Phi) is 4.01. The molecule has 0 aromatic heterocycles. The van der Waals surface area contributed by atoms with Crippen molar-refractivity contribution in [1.82, 2.24) is 10.2 Å². The van der Waals surface area contributed by atoms with Crippen molar-refractivity contribution >= 4 is 11.8 Å². The molecule has 0 aliphatic carbocycles. The number of nitrogens with one attached hydrogen (secondary N) is 1. The first-order valence-corrected chi connectivity index (χ1v) is 6.66. The molecular formula is C14H26N2O3. The van der Waals surface area contributed by atoms with Crippen LogP contribution in [-0.2, 0) is 14.3 Å². The second-order valence-electron chi connectivity index (χ2n) is 7.06. The van der Waals surface area contributed by atoms with Crippen molar-refractivity contribution in [3.05, 3.63) is 0 Å². The molecule has 5 nitrogen and oxygen atoms in total. The summed E-state index contributed by atoms with van der Waals surface area (Å²) in [6.45, 7) is 13.7. The SMILES string of the molecule is CC(C)(C)OCCN1C(=O)C(C)(C)NC(=O)C1(C)C. The van der Waals surface area contributed by atoms with Gasteiger partial charge < -0.3 is 15.0 Å². The van der Waals surface area contributed by atoms with Crippen LogP contribution in [0.5, 0.6) is 0 Å². The fourth-order valence-electron chi connectivity index (χ4n) is 2.03. The van der Waals surface area contributed by atoms with Gasteiger partial charge in [0.25, 0.3) is 0 Å². The van der Waals surface area contributed by atoms with Crippen LogP contribution in [0.3, 0.4) is 0 Å². The van der Waals surface area contributed by atoms with Crippen molar-refractivity contribution in [2.24, 2.45) is 0 Å². The Bertz CT molecular complexity index is 381. The molecule has 110 valence electrons. The predicted octanol–water partition coefficient (Wildman–Crippen LogP) is 1.32. The highest BCUT2D eigenvalue weighted by atomic mass is 16.5. The van der Waals surface area contributed by atoms with E-state index in [0.717, 1.165) is 0 Å². The molecule has 5 heteroatoms. The maximum atomic E-state index is 12.4. The van der Waals surface area contributed by atoms with Crippen LogP contribution in [0, 0.1) is 0 Å². The maximum Gasteiger partial charge on any atom is 0.248 e. The molecule has 1 fully saturated rings. The van der Waals surface area contributed by atoms with Gasteiger partial charge in [0, 0.05) is 6.54 Å². The van der Waals surface area contributed by atoms with E-state index >= 15 is 0 Å². The third kappa shape index (κ3) is 3.47. The minimum atomic E-state index is -0.853. The highest BCUT2D eigenvalue weighted by molar-refractivity contribution is 6.01. The normalized spacial score (nSPS) is 22.4. The zero-order valence-corrected chi connectivity index (χ0v) is 13.1. The summed E-state index contributed by atoms with van der Waals surface area (Å²) in [6, 6.07) is 0. The lowest BCUT2D eigenvalue weighted by atomic mass is 9.90. The predicted molar refractivity (Wildman–Crippen MR) is 73.7 cm³/mol. The van der Waals surface area contributed by atoms with Crippen LogP contribution in [0.4, 0.5) is 0 Å². The third-order valence-corrected chi connectivity index (χ3v) is 3.29. The fraction of sp³-hybridized carbons (Fsp3) is 0.857. The quantitative estimate of drug-likeness (QED) is 0.841. The van der Waals surface area contributed by atoms with Gasteiger partial charge in [0.05, 0.1) is 12.2 Å². The summed E-state index contributed by atoms with van der Waals surface area (Å²) >= 11 is 0. The molecule has 0 radical (unpaired) electrons. The fourth-order valence-corrected chi connectivity index (χ4v) is 2.03. The minimum absolute atomic E-state index is 0.0744. The molecule has 0 aromatic carbocycles. The molecule has 1 rings (SSSR count). The van der Waals surface area contributed by atoms with Crippen LogP contribution < -0.4 is 5.32 Å². The first-order valence-electron chi connectivity index (χ1n) is 6.66. The number of ether oxygens (including phenoxy) is 1. The largest absolute Gasteiger partial charge is 0.374 e. The van der Waals surface area contributed by atoms with Gasteiger partial charge in [-0.1, -0.05) is 0 Å². The molecule has 0 spiro atoms. The van der Waals surface area contributed by atoms with Gasteiger partial charge >= 0.3 is 0 Å². The maximum absolute atomic E-state index is 12.4. The summed E-state index contributed by atoms with van der Waals surface area (Å²) < 4.78 is 5.65. The smallest absolute Gasteiger partial charge is 0.248 e. The molecule has 1 heterocycles. The van der Waals surface area contributed by atoms with Crippen molar-refractivity contribution in [1.29, 1.82) is 0 Å². The lowest BCUT2D eigenvalue weighted by molar-refractivity contribution is -0.161. The Morgan fingerprint density at radius 3 is 2.16 bits per heavy atom. The lowest BCUT2D eigenvalue weighted by Gasteiger charge is -2.47. The minimum Gasteiger partial charge on any atom is -0.374 e. The molecule has 2 amide bonds. The monoisotopic (exact) mass is 270 g/mol. The topological polar surface area (TPSA) is 58.6 Å². The van der Waals surface area contributed by atoms with Gasteiger partial charge in [0.15, 0.2) is 0 Å². The molecule has 1 aliphatic rings. The average molecular weight is 270 g/mol. The Balaban J connectivity index is 2.82. The Labute approximate surface area is 115 Å². The number of piperazine rings is 1. The van der Waals surface area contributed by atoms with Gasteiger partial charge in [-0.05, 0) is 48.5 Å². The van der Waals surface area contributed by atoms with E-state index < -0.39 is 11.1 Å². The van der Waals surface area contributed by atoms with Crippen molar-refractivity contribution in [3.63, 3.8) is 0 Å². The van der Waals surface area contributed by atoms with E-state index in [1.807, 2.05) is 20.8 Å². The number of carbonyl (C=O) groups is 2. The summed E-state index contributed by atoms with van der Waals surface area (Å²) in [7, 11) is 0. The first kappa shape index (κ1) is 16.0. The number of carbonyl (C=O) groups excluding carboxylic acids is 2.